The molecule has 0 aromatic heterocycles. The van der Waals surface area contributed by atoms with Gasteiger partial charge in [-0.05, 0) is 37.6 Å². The molecule has 0 unspecified atom stereocenters. The number of Topliss-reactive ketones (excluding diaryl/α,β-unsaturated/α-hetero) is 1. The number of methoxy groups -OCH3 is 1. The summed E-state index contributed by atoms with van der Waals surface area (Å²) < 4.78 is 5.38. The van der Waals surface area contributed by atoms with E-state index in [2.05, 4.69) is 16.7 Å². The second-order valence-electron chi connectivity index (χ2n) is 8.71. The lowest BCUT2D eigenvalue weighted by Crippen LogP contribution is -2.31. The van der Waals surface area contributed by atoms with Gasteiger partial charge in [-0.3, -0.25) is 9.59 Å². The third-order valence-corrected chi connectivity index (χ3v) is 7.55. The number of carbonyl (C=O) groups is 2. The van der Waals surface area contributed by atoms with Crippen LogP contribution >= 0.6 is 23.4 Å². The van der Waals surface area contributed by atoms with E-state index in [1.54, 1.807) is 55.5 Å². The molecule has 0 fully saturated rings. The minimum absolute atomic E-state index is 0.0581. The highest BCUT2D eigenvalue weighted by atomic mass is 35.5. The lowest BCUT2D eigenvalue weighted by Gasteiger charge is -2.30. The van der Waals surface area contributed by atoms with E-state index in [1.807, 2.05) is 31.2 Å². The molecule has 0 aliphatic carbocycles. The number of allylic oxidation sites excluding steroid dienone is 2. The summed E-state index contributed by atoms with van der Waals surface area (Å²) >= 11 is 7.82. The fourth-order valence-corrected chi connectivity index (χ4v) is 5.48. The van der Waals surface area contributed by atoms with Gasteiger partial charge in [0.2, 0.25) is 0 Å². The van der Waals surface area contributed by atoms with Crippen LogP contribution in [0.5, 0.6) is 5.75 Å². The van der Waals surface area contributed by atoms with Crippen molar-refractivity contribution in [2.45, 2.75) is 19.8 Å². The number of benzene rings is 3. The number of ketones is 1. The Morgan fingerprint density at radius 3 is 2.42 bits per heavy atom. The molecule has 0 bridgehead atoms. The summed E-state index contributed by atoms with van der Waals surface area (Å²) in [6.07, 6.45) is 0. The second-order valence-corrected chi connectivity index (χ2v) is 10.1. The molecular weight excluding hydrogens is 518 g/mol. The van der Waals surface area contributed by atoms with Crippen LogP contribution in [-0.4, -0.2) is 24.6 Å². The molecule has 6 nitrogen and oxygen atoms in total. The highest BCUT2D eigenvalue weighted by Gasteiger charge is 2.36. The van der Waals surface area contributed by atoms with Crippen molar-refractivity contribution in [3.05, 3.63) is 116 Å². The maximum absolute atomic E-state index is 13.7. The van der Waals surface area contributed by atoms with Crippen LogP contribution in [0.1, 0.15) is 34.3 Å². The molecule has 0 radical (unpaired) electrons. The summed E-state index contributed by atoms with van der Waals surface area (Å²) in [6, 6.07) is 23.9. The number of nitriles is 1. The molecular formula is C30H26ClN3O3S. The van der Waals surface area contributed by atoms with Gasteiger partial charge in [-0.2, -0.15) is 5.26 Å². The average Bonchev–Trinajstić information content (AvgIpc) is 2.92. The smallest absolute Gasteiger partial charge is 0.254 e. The van der Waals surface area contributed by atoms with Gasteiger partial charge >= 0.3 is 0 Å². The zero-order valence-corrected chi connectivity index (χ0v) is 22.7. The minimum atomic E-state index is -0.735. The number of halogens is 1. The first-order valence-corrected chi connectivity index (χ1v) is 13.2. The summed E-state index contributed by atoms with van der Waals surface area (Å²) in [5.74, 6) is -0.545. The summed E-state index contributed by atoms with van der Waals surface area (Å²) in [7, 11) is 1.53. The number of thioether (sulfide) groups is 1. The molecule has 1 aliphatic heterocycles. The largest absolute Gasteiger partial charge is 0.495 e. The van der Waals surface area contributed by atoms with Crippen LogP contribution in [0.3, 0.4) is 0 Å². The lowest BCUT2D eigenvalue weighted by molar-refractivity contribution is -0.113. The van der Waals surface area contributed by atoms with Crippen LogP contribution in [0.15, 0.2) is 94.7 Å². The van der Waals surface area contributed by atoms with Crippen LogP contribution in [0, 0.1) is 18.3 Å². The molecule has 0 spiro atoms. The number of hydrogen-bond donors (Lipinski definition) is 2. The van der Waals surface area contributed by atoms with E-state index in [1.165, 1.54) is 18.9 Å². The number of para-hydroxylation sites is 2. The highest BCUT2D eigenvalue weighted by molar-refractivity contribution is 8.03. The van der Waals surface area contributed by atoms with Crippen molar-refractivity contribution < 1.29 is 14.3 Å². The van der Waals surface area contributed by atoms with Crippen molar-refractivity contribution >= 4 is 40.7 Å². The molecule has 38 heavy (non-hydrogen) atoms. The highest BCUT2D eigenvalue weighted by Crippen LogP contribution is 2.43. The SMILES string of the molecule is COc1ccccc1NC(=O)C1=C(C)NC(SCC(=O)c2ccc(C)cc2)=C(C#N)[C@H]1c1ccccc1Cl. The Morgan fingerprint density at radius 1 is 1.05 bits per heavy atom. The third-order valence-electron chi connectivity index (χ3n) is 6.18. The summed E-state index contributed by atoms with van der Waals surface area (Å²) in [6.45, 7) is 3.74. The molecule has 192 valence electrons. The number of amides is 1. The van der Waals surface area contributed by atoms with Gasteiger partial charge in [0.1, 0.15) is 5.75 Å². The average molecular weight is 544 g/mol. The van der Waals surface area contributed by atoms with Crippen molar-refractivity contribution in [2.75, 3.05) is 18.2 Å². The van der Waals surface area contributed by atoms with Crippen LogP contribution in [0.4, 0.5) is 5.69 Å². The van der Waals surface area contributed by atoms with Crippen molar-refractivity contribution in [1.29, 1.82) is 5.26 Å². The normalized spacial score (nSPS) is 15.0. The number of nitrogens with zero attached hydrogens (tertiary/aromatic N) is 1. The number of carbonyl (C=O) groups excluding carboxylic acids is 2. The molecule has 1 atom stereocenters. The number of nitrogens with one attached hydrogen (secondary N) is 2. The number of dihydropyridines is 1. The fraction of sp³-hybridized carbons (Fsp3) is 0.167. The zero-order valence-electron chi connectivity index (χ0n) is 21.2. The van der Waals surface area contributed by atoms with Gasteiger partial charge in [0.15, 0.2) is 5.78 Å². The van der Waals surface area contributed by atoms with E-state index in [4.69, 9.17) is 16.3 Å². The molecule has 3 aromatic carbocycles. The Bertz CT molecular complexity index is 1490. The van der Waals surface area contributed by atoms with E-state index < -0.39 is 11.8 Å². The molecule has 4 rings (SSSR count). The van der Waals surface area contributed by atoms with Gasteiger partial charge in [-0.1, -0.05) is 83.5 Å². The first-order valence-electron chi connectivity index (χ1n) is 11.9. The number of rotatable bonds is 8. The first-order chi connectivity index (χ1) is 18.3. The zero-order chi connectivity index (χ0) is 27.2. The van der Waals surface area contributed by atoms with E-state index in [0.29, 0.717) is 49.5 Å². The van der Waals surface area contributed by atoms with Crippen LogP contribution < -0.4 is 15.4 Å². The predicted molar refractivity (Wildman–Crippen MR) is 152 cm³/mol. The maximum Gasteiger partial charge on any atom is 0.254 e. The molecule has 1 amide bonds. The second kappa shape index (κ2) is 12.0. The Kier molecular flexibility index (Phi) is 8.57. The van der Waals surface area contributed by atoms with E-state index in [-0.39, 0.29) is 11.5 Å². The number of aryl methyl sites for hydroxylation is 1. The van der Waals surface area contributed by atoms with Gasteiger partial charge in [0.25, 0.3) is 5.91 Å². The van der Waals surface area contributed by atoms with Crippen LogP contribution in [0.25, 0.3) is 0 Å². The summed E-state index contributed by atoms with van der Waals surface area (Å²) in [4.78, 5) is 26.5. The van der Waals surface area contributed by atoms with Crippen molar-refractivity contribution in [3.8, 4) is 11.8 Å². The van der Waals surface area contributed by atoms with Crippen molar-refractivity contribution in [3.63, 3.8) is 0 Å². The van der Waals surface area contributed by atoms with E-state index in [0.717, 1.165) is 5.56 Å². The summed E-state index contributed by atoms with van der Waals surface area (Å²) in [5.41, 5.74) is 4.03. The Morgan fingerprint density at radius 2 is 1.74 bits per heavy atom. The molecule has 0 saturated heterocycles. The first kappa shape index (κ1) is 27.1. The fourth-order valence-electron chi connectivity index (χ4n) is 4.25. The van der Waals surface area contributed by atoms with Gasteiger partial charge in [-0.15, -0.1) is 0 Å². The van der Waals surface area contributed by atoms with Gasteiger partial charge in [0.05, 0.1) is 41.1 Å². The summed E-state index contributed by atoms with van der Waals surface area (Å²) in [5, 5.41) is 17.4. The molecule has 0 saturated carbocycles. The van der Waals surface area contributed by atoms with Crippen LogP contribution in [-0.2, 0) is 4.79 Å². The number of hydrogen-bond acceptors (Lipinski definition) is 6. The quantitative estimate of drug-likeness (QED) is 0.311. The molecule has 2 N–H and O–H groups in total. The predicted octanol–water partition coefficient (Wildman–Crippen LogP) is 6.61. The standard InChI is InChI=1S/C30H26ClN3O3S/c1-18-12-14-20(15-13-18)25(35)17-38-30-22(16-32)28(21-8-4-5-9-23(21)31)27(19(2)33-30)29(36)34-24-10-6-7-11-26(24)37-3/h4-15,28,33H,17H2,1-3H3,(H,34,36)/t28-/m1/s1. The minimum Gasteiger partial charge on any atom is -0.495 e. The number of anilines is 1. The van der Waals surface area contributed by atoms with Crippen LogP contribution in [0.2, 0.25) is 5.02 Å². The monoisotopic (exact) mass is 543 g/mol. The van der Waals surface area contributed by atoms with Crippen molar-refractivity contribution in [1.82, 2.24) is 5.32 Å². The molecule has 8 heteroatoms. The van der Waals surface area contributed by atoms with Gasteiger partial charge < -0.3 is 15.4 Å². The van der Waals surface area contributed by atoms with Gasteiger partial charge in [0, 0.05) is 21.9 Å². The topological polar surface area (TPSA) is 91.2 Å². The van der Waals surface area contributed by atoms with E-state index in [9.17, 15) is 14.9 Å². The Balaban J connectivity index is 1.70. The number of ether oxygens (including phenoxy) is 1. The van der Waals surface area contributed by atoms with E-state index >= 15 is 0 Å². The maximum atomic E-state index is 13.7. The Hall–Kier alpha value is -3.99. The van der Waals surface area contributed by atoms with Gasteiger partial charge in [-0.25, -0.2) is 0 Å². The van der Waals surface area contributed by atoms with Crippen molar-refractivity contribution in [2.24, 2.45) is 0 Å². The lowest BCUT2D eigenvalue weighted by atomic mass is 9.82. The Labute approximate surface area is 231 Å². The third kappa shape index (κ3) is 5.77. The molecule has 1 aliphatic rings. The molecule has 1 heterocycles. The molecule has 3 aromatic rings.